The van der Waals surface area contributed by atoms with Crippen molar-refractivity contribution < 1.29 is 13.5 Å². The number of rotatable bonds is 7. The highest BCUT2D eigenvalue weighted by molar-refractivity contribution is 5.90. The van der Waals surface area contributed by atoms with Crippen molar-refractivity contribution in [2.75, 3.05) is 11.9 Å². The second-order valence-electron chi connectivity index (χ2n) is 11.9. The molecule has 2 heterocycles. The van der Waals surface area contributed by atoms with Crippen molar-refractivity contribution >= 4 is 16.6 Å². The van der Waals surface area contributed by atoms with Crippen LogP contribution < -0.4 is 15.0 Å². The average molecular weight is 531 g/mol. The molecule has 0 radical (unpaired) electrons. The van der Waals surface area contributed by atoms with Crippen LogP contribution in [0.25, 0.3) is 22.0 Å². The molecule has 0 atom stereocenters. The molecule has 0 spiro atoms. The number of nitrogens with one attached hydrogen (secondary N) is 1. The summed E-state index contributed by atoms with van der Waals surface area (Å²) in [6, 6.07) is 22.6. The highest BCUT2D eigenvalue weighted by Crippen LogP contribution is 2.37. The highest BCUT2D eigenvalue weighted by atomic mass is 19.3. The van der Waals surface area contributed by atoms with Gasteiger partial charge in [-0.3, -0.25) is 0 Å². The minimum Gasteiger partial charge on any atom is -0.488 e. The minimum absolute atomic E-state index is 0.0132. The van der Waals surface area contributed by atoms with Gasteiger partial charge in [0.1, 0.15) is 12.4 Å². The predicted molar refractivity (Wildman–Crippen MR) is 153 cm³/mol. The van der Waals surface area contributed by atoms with Crippen LogP contribution in [0.2, 0.25) is 0 Å². The molecule has 39 heavy (non-hydrogen) atoms. The molecule has 5 nitrogen and oxygen atoms in total. The first-order valence-electron chi connectivity index (χ1n) is 13.4. The third-order valence-electron chi connectivity index (χ3n) is 7.46. The van der Waals surface area contributed by atoms with Gasteiger partial charge in [0.15, 0.2) is 5.82 Å². The number of nitrogens with zero attached hydrogens (tertiary/aromatic N) is 3. The maximum atomic E-state index is 13.4. The van der Waals surface area contributed by atoms with Crippen LogP contribution in [0.5, 0.6) is 5.75 Å². The van der Waals surface area contributed by atoms with Gasteiger partial charge in [0.25, 0.3) is 6.43 Å². The van der Waals surface area contributed by atoms with E-state index >= 15 is 0 Å². The molecule has 7 heteroatoms. The molecule has 1 aromatic heterocycles. The van der Waals surface area contributed by atoms with E-state index in [2.05, 4.69) is 55.2 Å². The summed E-state index contributed by atoms with van der Waals surface area (Å²) in [4.78, 5) is 2.22. The molecular formula is C32H36F2N4O. The van der Waals surface area contributed by atoms with Gasteiger partial charge in [-0.05, 0) is 87.2 Å². The van der Waals surface area contributed by atoms with Gasteiger partial charge in [0, 0.05) is 35.3 Å². The zero-order chi connectivity index (χ0) is 27.8. The monoisotopic (exact) mass is 530 g/mol. The largest absolute Gasteiger partial charge is 0.488 e. The van der Waals surface area contributed by atoms with Gasteiger partial charge in [-0.25, -0.2) is 8.78 Å². The van der Waals surface area contributed by atoms with E-state index in [1.807, 2.05) is 54.6 Å². The lowest BCUT2D eigenvalue weighted by molar-refractivity contribution is 0.151. The van der Waals surface area contributed by atoms with Gasteiger partial charge in [-0.2, -0.15) is 0 Å². The standard InChI is InChI=1S/C32H36F2N4O/c1-31(2)18-25(19-32(3,4)37-31)38(5)29-14-13-27(35-36-29)26-16-22-11-12-23(30(33)34)15-24(22)17-28(26)39-20-21-9-7-6-8-10-21/h6-17,25,30,37H,18-20H2,1-5H3. The van der Waals surface area contributed by atoms with Crippen LogP contribution in [0.15, 0.2) is 72.8 Å². The van der Waals surface area contributed by atoms with Gasteiger partial charge in [-0.15, -0.1) is 10.2 Å². The molecule has 1 N–H and O–H groups in total. The Morgan fingerprint density at radius 2 is 1.62 bits per heavy atom. The molecule has 0 amide bonds. The Kier molecular flexibility index (Phi) is 7.29. The Hall–Kier alpha value is -3.58. The van der Waals surface area contributed by atoms with Gasteiger partial charge in [0.05, 0.1) is 5.69 Å². The van der Waals surface area contributed by atoms with Crippen molar-refractivity contribution in [1.82, 2.24) is 15.5 Å². The Labute approximate surface area is 229 Å². The van der Waals surface area contributed by atoms with E-state index < -0.39 is 6.43 Å². The maximum Gasteiger partial charge on any atom is 0.263 e. The summed E-state index contributed by atoms with van der Waals surface area (Å²) in [6.07, 6.45) is -0.535. The van der Waals surface area contributed by atoms with Crippen LogP contribution >= 0.6 is 0 Å². The van der Waals surface area contributed by atoms with Gasteiger partial charge < -0.3 is 15.0 Å². The first-order chi connectivity index (χ1) is 18.5. The van der Waals surface area contributed by atoms with Crippen LogP contribution in [0.4, 0.5) is 14.6 Å². The summed E-state index contributed by atoms with van der Waals surface area (Å²) >= 11 is 0. The molecule has 204 valence electrons. The molecule has 1 aliphatic heterocycles. The Balaban J connectivity index is 1.47. The number of ether oxygens (including phenoxy) is 1. The summed E-state index contributed by atoms with van der Waals surface area (Å²) < 4.78 is 33.0. The molecule has 4 aromatic rings. The Morgan fingerprint density at radius 3 is 2.26 bits per heavy atom. The van der Waals surface area contributed by atoms with Crippen molar-refractivity contribution in [2.24, 2.45) is 0 Å². The molecule has 0 saturated carbocycles. The molecular weight excluding hydrogens is 494 g/mol. The normalized spacial score (nSPS) is 16.9. The zero-order valence-corrected chi connectivity index (χ0v) is 23.2. The highest BCUT2D eigenvalue weighted by Gasteiger charge is 2.39. The second kappa shape index (κ2) is 10.5. The summed E-state index contributed by atoms with van der Waals surface area (Å²) in [5.74, 6) is 1.39. The molecule has 1 fully saturated rings. The fraction of sp³-hybridized carbons (Fsp3) is 0.375. The lowest BCUT2D eigenvalue weighted by Gasteiger charge is -2.49. The number of alkyl halides is 2. The third-order valence-corrected chi connectivity index (χ3v) is 7.46. The Morgan fingerprint density at radius 1 is 0.897 bits per heavy atom. The lowest BCUT2D eigenvalue weighted by Crippen LogP contribution is -2.62. The number of hydrogen-bond acceptors (Lipinski definition) is 5. The molecule has 0 bridgehead atoms. The van der Waals surface area contributed by atoms with Crippen LogP contribution in [0.1, 0.15) is 58.1 Å². The van der Waals surface area contributed by atoms with Crippen LogP contribution in [-0.4, -0.2) is 34.4 Å². The van der Waals surface area contributed by atoms with Gasteiger partial charge in [0.2, 0.25) is 0 Å². The predicted octanol–water partition coefficient (Wildman–Crippen LogP) is 7.56. The summed E-state index contributed by atoms with van der Waals surface area (Å²) in [5.41, 5.74) is 2.49. The molecule has 0 unspecified atom stereocenters. The fourth-order valence-electron chi connectivity index (χ4n) is 5.87. The Bertz CT molecular complexity index is 1420. The summed E-state index contributed by atoms with van der Waals surface area (Å²) in [6.45, 7) is 9.31. The number of hydrogen-bond donors (Lipinski definition) is 1. The van der Waals surface area contributed by atoms with Crippen LogP contribution in [0.3, 0.4) is 0 Å². The van der Waals surface area contributed by atoms with Gasteiger partial charge in [-0.1, -0.05) is 42.5 Å². The third kappa shape index (κ3) is 6.19. The minimum atomic E-state index is -2.53. The quantitative estimate of drug-likeness (QED) is 0.267. The molecule has 1 aliphatic rings. The average Bonchev–Trinajstić information content (AvgIpc) is 2.89. The second-order valence-corrected chi connectivity index (χ2v) is 11.9. The van der Waals surface area contributed by atoms with Crippen molar-refractivity contribution in [3.8, 4) is 17.0 Å². The van der Waals surface area contributed by atoms with Crippen molar-refractivity contribution in [3.05, 3.63) is 83.9 Å². The van der Waals surface area contributed by atoms with Crippen molar-refractivity contribution in [3.63, 3.8) is 0 Å². The first-order valence-corrected chi connectivity index (χ1v) is 13.4. The van der Waals surface area contributed by atoms with Gasteiger partial charge >= 0.3 is 0 Å². The van der Waals surface area contributed by atoms with E-state index in [9.17, 15) is 8.78 Å². The van der Waals surface area contributed by atoms with Crippen molar-refractivity contribution in [1.29, 1.82) is 0 Å². The smallest absolute Gasteiger partial charge is 0.263 e. The molecule has 3 aromatic carbocycles. The summed E-state index contributed by atoms with van der Waals surface area (Å²) in [7, 11) is 2.08. The zero-order valence-electron chi connectivity index (χ0n) is 23.2. The van der Waals surface area contributed by atoms with Crippen LogP contribution in [0, 0.1) is 0 Å². The number of piperidine rings is 1. The van der Waals surface area contributed by atoms with E-state index in [4.69, 9.17) is 4.74 Å². The molecule has 0 aliphatic carbocycles. The maximum absolute atomic E-state index is 13.4. The lowest BCUT2D eigenvalue weighted by atomic mass is 9.79. The van der Waals surface area contributed by atoms with E-state index in [1.54, 1.807) is 6.07 Å². The number of benzene rings is 3. The van der Waals surface area contributed by atoms with E-state index in [0.717, 1.165) is 35.2 Å². The number of halogens is 2. The number of fused-ring (bicyclic) bond motifs is 1. The van der Waals surface area contributed by atoms with E-state index in [0.29, 0.717) is 29.5 Å². The topological polar surface area (TPSA) is 50.3 Å². The van der Waals surface area contributed by atoms with Crippen LogP contribution in [-0.2, 0) is 6.61 Å². The first kappa shape index (κ1) is 27.0. The SMILES string of the molecule is CN(c1ccc(-c2cc3ccc(C(F)F)cc3cc2OCc2ccccc2)nn1)C1CC(C)(C)NC(C)(C)C1. The van der Waals surface area contributed by atoms with Crippen molar-refractivity contribution in [2.45, 2.75) is 70.7 Å². The van der Waals surface area contributed by atoms with E-state index in [-0.39, 0.29) is 16.6 Å². The number of anilines is 1. The summed E-state index contributed by atoms with van der Waals surface area (Å²) in [5, 5.41) is 14.5. The molecule has 5 rings (SSSR count). The van der Waals surface area contributed by atoms with E-state index in [1.165, 1.54) is 12.1 Å². The molecule has 1 saturated heterocycles. The number of aromatic nitrogens is 2. The fourth-order valence-corrected chi connectivity index (χ4v) is 5.87.